The van der Waals surface area contributed by atoms with Gasteiger partial charge in [-0.15, -0.1) is 0 Å². The molecule has 0 saturated carbocycles. The molecule has 0 aliphatic carbocycles. The Kier molecular flexibility index (Phi) is 5.32. The van der Waals surface area contributed by atoms with Crippen molar-refractivity contribution in [1.29, 1.82) is 0 Å². The fourth-order valence-electron chi connectivity index (χ4n) is 2.44. The Morgan fingerprint density at radius 2 is 1.43 bits per heavy atom. The molecule has 0 unspecified atom stereocenters. The first kappa shape index (κ1) is 15.5. The SMILES string of the molecule is C/C(=C\c1ccccc1)[C@H](O)[C@@H](C)[C@H](O)c1ccccc1. The van der Waals surface area contributed by atoms with E-state index in [2.05, 4.69) is 0 Å². The van der Waals surface area contributed by atoms with E-state index in [4.69, 9.17) is 0 Å². The molecular weight excluding hydrogens is 260 g/mol. The van der Waals surface area contributed by atoms with Crippen molar-refractivity contribution in [2.45, 2.75) is 26.1 Å². The molecule has 2 N–H and O–H groups in total. The molecule has 0 aliphatic heterocycles. The average molecular weight is 282 g/mol. The Labute approximate surface area is 126 Å². The highest BCUT2D eigenvalue weighted by molar-refractivity contribution is 5.53. The van der Waals surface area contributed by atoms with Crippen molar-refractivity contribution < 1.29 is 10.2 Å². The molecule has 2 rings (SSSR count). The van der Waals surface area contributed by atoms with Crippen molar-refractivity contribution in [2.24, 2.45) is 5.92 Å². The molecule has 21 heavy (non-hydrogen) atoms. The molecule has 0 heterocycles. The molecule has 2 nitrogen and oxygen atoms in total. The summed E-state index contributed by atoms with van der Waals surface area (Å²) in [6, 6.07) is 19.3. The Morgan fingerprint density at radius 1 is 0.905 bits per heavy atom. The first-order chi connectivity index (χ1) is 10.1. The van der Waals surface area contributed by atoms with Gasteiger partial charge < -0.3 is 10.2 Å². The van der Waals surface area contributed by atoms with Gasteiger partial charge in [-0.05, 0) is 23.6 Å². The topological polar surface area (TPSA) is 40.5 Å². The summed E-state index contributed by atoms with van der Waals surface area (Å²) >= 11 is 0. The number of aliphatic hydroxyl groups is 2. The third-order valence-electron chi connectivity index (χ3n) is 3.80. The second-order valence-corrected chi connectivity index (χ2v) is 5.46. The predicted molar refractivity (Wildman–Crippen MR) is 86.7 cm³/mol. The van der Waals surface area contributed by atoms with Crippen LogP contribution in [0, 0.1) is 5.92 Å². The highest BCUT2D eigenvalue weighted by atomic mass is 16.3. The Morgan fingerprint density at radius 3 is 2.00 bits per heavy atom. The molecule has 0 aromatic heterocycles. The van der Waals surface area contributed by atoms with Gasteiger partial charge in [0.15, 0.2) is 0 Å². The van der Waals surface area contributed by atoms with E-state index in [0.29, 0.717) is 0 Å². The minimum atomic E-state index is -0.680. The molecule has 0 aliphatic rings. The van der Waals surface area contributed by atoms with E-state index < -0.39 is 12.2 Å². The van der Waals surface area contributed by atoms with Gasteiger partial charge in [-0.25, -0.2) is 0 Å². The van der Waals surface area contributed by atoms with Crippen molar-refractivity contribution in [3.63, 3.8) is 0 Å². The largest absolute Gasteiger partial charge is 0.388 e. The van der Waals surface area contributed by atoms with E-state index in [1.54, 1.807) is 0 Å². The second-order valence-electron chi connectivity index (χ2n) is 5.46. The third kappa shape index (κ3) is 4.03. The predicted octanol–water partition coefficient (Wildman–Crippen LogP) is 3.82. The fourth-order valence-corrected chi connectivity index (χ4v) is 2.44. The summed E-state index contributed by atoms with van der Waals surface area (Å²) in [5.74, 6) is -0.271. The van der Waals surface area contributed by atoms with Crippen LogP contribution in [0.2, 0.25) is 0 Å². The minimum Gasteiger partial charge on any atom is -0.388 e. The maximum Gasteiger partial charge on any atom is 0.0843 e. The van der Waals surface area contributed by atoms with Gasteiger partial charge >= 0.3 is 0 Å². The number of rotatable bonds is 5. The van der Waals surface area contributed by atoms with Crippen molar-refractivity contribution in [2.75, 3.05) is 0 Å². The van der Waals surface area contributed by atoms with Crippen LogP contribution in [-0.2, 0) is 0 Å². The van der Waals surface area contributed by atoms with Crippen molar-refractivity contribution >= 4 is 6.08 Å². The summed E-state index contributed by atoms with van der Waals surface area (Å²) in [6.45, 7) is 3.76. The molecule has 0 amide bonds. The standard InChI is InChI=1S/C19H22O2/c1-14(13-16-9-5-3-6-10-16)18(20)15(2)19(21)17-11-7-4-8-12-17/h3-13,15,18-21H,1-2H3/b14-13+/t15-,18+,19+/m1/s1. The van der Waals surface area contributed by atoms with E-state index in [1.165, 1.54) is 0 Å². The van der Waals surface area contributed by atoms with Gasteiger partial charge in [0.25, 0.3) is 0 Å². The molecule has 2 aromatic rings. The van der Waals surface area contributed by atoms with Gasteiger partial charge in [0.2, 0.25) is 0 Å². The molecule has 0 radical (unpaired) electrons. The molecule has 3 atom stereocenters. The smallest absolute Gasteiger partial charge is 0.0843 e. The van der Waals surface area contributed by atoms with Gasteiger partial charge in [-0.3, -0.25) is 0 Å². The molecule has 0 spiro atoms. The molecule has 0 saturated heterocycles. The number of hydrogen-bond acceptors (Lipinski definition) is 2. The van der Waals surface area contributed by atoms with Crippen molar-refractivity contribution in [1.82, 2.24) is 0 Å². The van der Waals surface area contributed by atoms with Crippen LogP contribution < -0.4 is 0 Å². The third-order valence-corrected chi connectivity index (χ3v) is 3.80. The average Bonchev–Trinajstić information content (AvgIpc) is 2.54. The van der Waals surface area contributed by atoms with E-state index >= 15 is 0 Å². The van der Waals surface area contributed by atoms with Gasteiger partial charge in [0.05, 0.1) is 12.2 Å². The summed E-state index contributed by atoms with van der Waals surface area (Å²) in [5.41, 5.74) is 2.73. The highest BCUT2D eigenvalue weighted by Crippen LogP contribution is 2.27. The maximum atomic E-state index is 10.5. The lowest BCUT2D eigenvalue weighted by atomic mass is 9.88. The van der Waals surface area contributed by atoms with Crippen LogP contribution in [0.25, 0.3) is 6.08 Å². The van der Waals surface area contributed by atoms with Crippen LogP contribution in [0.5, 0.6) is 0 Å². The molecule has 2 heteroatoms. The van der Waals surface area contributed by atoms with E-state index in [-0.39, 0.29) is 5.92 Å². The fraction of sp³-hybridized carbons (Fsp3) is 0.263. The van der Waals surface area contributed by atoms with E-state index in [0.717, 1.165) is 16.7 Å². The van der Waals surface area contributed by atoms with Crippen molar-refractivity contribution in [3.05, 3.63) is 77.4 Å². The van der Waals surface area contributed by atoms with Crippen LogP contribution in [0.3, 0.4) is 0 Å². The Bertz CT molecular complexity index is 575. The summed E-state index contributed by atoms with van der Waals surface area (Å²) in [6.07, 6.45) is 0.597. The van der Waals surface area contributed by atoms with Crippen LogP contribution in [-0.4, -0.2) is 16.3 Å². The zero-order valence-electron chi connectivity index (χ0n) is 12.5. The first-order valence-electron chi connectivity index (χ1n) is 7.24. The number of benzene rings is 2. The number of aliphatic hydroxyl groups excluding tert-OH is 2. The molecule has 0 fully saturated rings. The van der Waals surface area contributed by atoms with Crippen molar-refractivity contribution in [3.8, 4) is 0 Å². The summed E-state index contributed by atoms with van der Waals surface area (Å²) in [4.78, 5) is 0. The summed E-state index contributed by atoms with van der Waals surface area (Å²) < 4.78 is 0. The molecule has 0 bridgehead atoms. The quantitative estimate of drug-likeness (QED) is 0.875. The van der Waals surface area contributed by atoms with Crippen LogP contribution in [0.15, 0.2) is 66.2 Å². The van der Waals surface area contributed by atoms with E-state index in [1.807, 2.05) is 80.6 Å². The highest BCUT2D eigenvalue weighted by Gasteiger charge is 2.24. The minimum absolute atomic E-state index is 0.271. The van der Waals surface area contributed by atoms with E-state index in [9.17, 15) is 10.2 Å². The Hall–Kier alpha value is -1.90. The molecular formula is C19H22O2. The van der Waals surface area contributed by atoms with Gasteiger partial charge in [-0.1, -0.05) is 73.7 Å². The lowest BCUT2D eigenvalue weighted by Crippen LogP contribution is -2.25. The zero-order valence-corrected chi connectivity index (χ0v) is 12.5. The van der Waals surface area contributed by atoms with Crippen LogP contribution in [0.1, 0.15) is 31.1 Å². The Balaban J connectivity index is 2.12. The zero-order chi connectivity index (χ0) is 15.2. The molecule has 2 aromatic carbocycles. The first-order valence-corrected chi connectivity index (χ1v) is 7.24. The molecule has 110 valence electrons. The maximum absolute atomic E-state index is 10.5. The van der Waals surface area contributed by atoms with Gasteiger partial charge in [-0.2, -0.15) is 0 Å². The number of hydrogen-bond donors (Lipinski definition) is 2. The monoisotopic (exact) mass is 282 g/mol. The summed E-state index contributed by atoms with van der Waals surface area (Å²) in [5, 5.41) is 20.8. The van der Waals surface area contributed by atoms with Crippen LogP contribution in [0.4, 0.5) is 0 Å². The summed E-state index contributed by atoms with van der Waals surface area (Å²) in [7, 11) is 0. The van der Waals surface area contributed by atoms with Gasteiger partial charge in [0, 0.05) is 5.92 Å². The second kappa shape index (κ2) is 7.21. The van der Waals surface area contributed by atoms with Crippen LogP contribution >= 0.6 is 0 Å². The lowest BCUT2D eigenvalue weighted by Gasteiger charge is -2.25. The normalized spacial score (nSPS) is 16.3. The van der Waals surface area contributed by atoms with Gasteiger partial charge in [0.1, 0.15) is 0 Å². The lowest BCUT2D eigenvalue weighted by molar-refractivity contribution is 0.0395.